The van der Waals surface area contributed by atoms with Crippen LogP contribution >= 0.6 is 0 Å². The van der Waals surface area contributed by atoms with Crippen LogP contribution in [-0.2, 0) is 4.79 Å². The second-order valence-corrected chi connectivity index (χ2v) is 5.25. The Morgan fingerprint density at radius 2 is 1.83 bits per heavy atom. The summed E-state index contributed by atoms with van der Waals surface area (Å²) >= 11 is 0. The maximum atomic E-state index is 12.9. The molecule has 0 aliphatic heterocycles. The summed E-state index contributed by atoms with van der Waals surface area (Å²) in [5.41, 5.74) is 1.72. The molecule has 1 atom stereocenters. The Kier molecular flexibility index (Phi) is 5.52. The lowest BCUT2D eigenvalue weighted by Gasteiger charge is -2.25. The van der Waals surface area contributed by atoms with Gasteiger partial charge in [-0.1, -0.05) is 30.3 Å². The van der Waals surface area contributed by atoms with Crippen LogP contribution < -0.4 is 4.74 Å². The Hall–Kier alpha value is -2.62. The third-order valence-corrected chi connectivity index (χ3v) is 3.81. The molecule has 2 aromatic carbocycles. The molecule has 0 N–H and O–H groups in total. The number of halogens is 1. The van der Waals surface area contributed by atoms with Crippen LogP contribution in [-0.4, -0.2) is 25.0 Å². The minimum Gasteiger partial charge on any atom is -0.496 e. The molecule has 0 saturated carbocycles. The molecule has 0 aliphatic rings. The molecule has 0 bridgehead atoms. The van der Waals surface area contributed by atoms with Gasteiger partial charge in [0.25, 0.3) is 0 Å². The van der Waals surface area contributed by atoms with Gasteiger partial charge in [0.2, 0.25) is 5.91 Å². The average Bonchev–Trinajstić information content (AvgIpc) is 2.59. The van der Waals surface area contributed by atoms with Crippen LogP contribution in [0.15, 0.2) is 54.6 Å². The normalized spacial score (nSPS) is 12.2. The van der Waals surface area contributed by atoms with Gasteiger partial charge in [-0.3, -0.25) is 4.79 Å². The smallest absolute Gasteiger partial charge is 0.246 e. The van der Waals surface area contributed by atoms with E-state index in [1.54, 1.807) is 37.3 Å². The van der Waals surface area contributed by atoms with E-state index in [1.807, 2.05) is 31.2 Å². The zero-order chi connectivity index (χ0) is 16.8. The van der Waals surface area contributed by atoms with E-state index in [0.29, 0.717) is 0 Å². The van der Waals surface area contributed by atoms with E-state index in [1.165, 1.54) is 18.2 Å². The number of carbonyl (C=O) groups is 1. The van der Waals surface area contributed by atoms with Crippen molar-refractivity contribution in [3.05, 3.63) is 71.6 Å². The van der Waals surface area contributed by atoms with Crippen molar-refractivity contribution in [2.24, 2.45) is 0 Å². The predicted octanol–water partition coefficient (Wildman–Crippen LogP) is 4.07. The number of carbonyl (C=O) groups excluding carboxylic acids is 1. The van der Waals surface area contributed by atoms with E-state index in [2.05, 4.69) is 0 Å². The van der Waals surface area contributed by atoms with Gasteiger partial charge in [-0.15, -0.1) is 0 Å². The zero-order valence-corrected chi connectivity index (χ0v) is 13.5. The summed E-state index contributed by atoms with van der Waals surface area (Å²) in [6.07, 6.45) is 3.16. The standard InChI is InChI=1S/C19H20FNO2/c1-14(17-6-4-5-7-18(17)23-3)21(2)19(22)13-10-15-8-11-16(20)12-9-15/h4-14H,1-3H3. The zero-order valence-electron chi connectivity index (χ0n) is 13.5. The fraction of sp³-hybridized carbons (Fsp3) is 0.211. The van der Waals surface area contributed by atoms with Crippen LogP contribution in [0.4, 0.5) is 4.39 Å². The van der Waals surface area contributed by atoms with Crippen LogP contribution in [0, 0.1) is 5.82 Å². The van der Waals surface area contributed by atoms with Crippen molar-refractivity contribution in [2.75, 3.05) is 14.2 Å². The molecule has 0 saturated heterocycles. The molecule has 1 unspecified atom stereocenters. The first-order valence-corrected chi connectivity index (χ1v) is 7.36. The molecule has 120 valence electrons. The molecule has 4 heteroatoms. The number of methoxy groups -OCH3 is 1. The molecule has 0 heterocycles. The molecule has 3 nitrogen and oxygen atoms in total. The first-order chi connectivity index (χ1) is 11.0. The van der Waals surface area contributed by atoms with E-state index >= 15 is 0 Å². The molecule has 0 spiro atoms. The summed E-state index contributed by atoms with van der Waals surface area (Å²) in [6.45, 7) is 1.95. The molecule has 0 fully saturated rings. The molecular formula is C19H20FNO2. The van der Waals surface area contributed by atoms with Crippen molar-refractivity contribution in [2.45, 2.75) is 13.0 Å². The Balaban J connectivity index is 2.11. The van der Waals surface area contributed by atoms with E-state index in [0.717, 1.165) is 16.9 Å². The molecule has 2 aromatic rings. The molecule has 0 aliphatic carbocycles. The van der Waals surface area contributed by atoms with Gasteiger partial charge >= 0.3 is 0 Å². The molecule has 1 amide bonds. The molecule has 23 heavy (non-hydrogen) atoms. The maximum Gasteiger partial charge on any atom is 0.246 e. The Labute approximate surface area is 136 Å². The van der Waals surface area contributed by atoms with Crippen molar-refractivity contribution in [1.29, 1.82) is 0 Å². The molecular weight excluding hydrogens is 293 g/mol. The second-order valence-electron chi connectivity index (χ2n) is 5.25. The van der Waals surface area contributed by atoms with Gasteiger partial charge in [0.05, 0.1) is 13.2 Å². The number of hydrogen-bond acceptors (Lipinski definition) is 2. The van der Waals surface area contributed by atoms with Crippen molar-refractivity contribution >= 4 is 12.0 Å². The predicted molar refractivity (Wildman–Crippen MR) is 89.6 cm³/mol. The van der Waals surface area contributed by atoms with Gasteiger partial charge in [-0.2, -0.15) is 0 Å². The average molecular weight is 313 g/mol. The summed E-state index contributed by atoms with van der Waals surface area (Å²) in [7, 11) is 3.36. The third kappa shape index (κ3) is 4.19. The third-order valence-electron chi connectivity index (χ3n) is 3.81. The van der Waals surface area contributed by atoms with E-state index in [-0.39, 0.29) is 17.8 Å². The lowest BCUT2D eigenvalue weighted by Crippen LogP contribution is -2.28. The van der Waals surface area contributed by atoms with Gasteiger partial charge in [0.15, 0.2) is 0 Å². The minimum atomic E-state index is -0.296. The van der Waals surface area contributed by atoms with Gasteiger partial charge < -0.3 is 9.64 Å². The van der Waals surface area contributed by atoms with Gasteiger partial charge in [0, 0.05) is 18.7 Å². The Morgan fingerprint density at radius 1 is 1.17 bits per heavy atom. The fourth-order valence-electron chi connectivity index (χ4n) is 2.27. The summed E-state index contributed by atoms with van der Waals surface area (Å²) in [5, 5.41) is 0. The van der Waals surface area contributed by atoms with E-state index < -0.39 is 0 Å². The van der Waals surface area contributed by atoms with E-state index in [9.17, 15) is 9.18 Å². The fourth-order valence-corrected chi connectivity index (χ4v) is 2.27. The highest BCUT2D eigenvalue weighted by Crippen LogP contribution is 2.28. The summed E-state index contributed by atoms with van der Waals surface area (Å²) in [5.74, 6) is 0.324. The highest BCUT2D eigenvalue weighted by molar-refractivity contribution is 5.91. The van der Waals surface area contributed by atoms with Crippen molar-refractivity contribution < 1.29 is 13.9 Å². The number of ether oxygens (including phenoxy) is 1. The SMILES string of the molecule is COc1ccccc1C(C)N(C)C(=O)C=Cc1ccc(F)cc1. The van der Waals surface area contributed by atoms with Gasteiger partial charge in [-0.25, -0.2) is 4.39 Å². The lowest BCUT2D eigenvalue weighted by atomic mass is 10.1. The largest absolute Gasteiger partial charge is 0.496 e. The summed E-state index contributed by atoms with van der Waals surface area (Å²) < 4.78 is 18.2. The lowest BCUT2D eigenvalue weighted by molar-refractivity contribution is -0.126. The van der Waals surface area contributed by atoms with Crippen LogP contribution in [0.25, 0.3) is 6.08 Å². The maximum absolute atomic E-state index is 12.9. The molecule has 2 rings (SSSR count). The van der Waals surface area contributed by atoms with Crippen molar-refractivity contribution in [3.63, 3.8) is 0 Å². The number of para-hydroxylation sites is 1. The van der Waals surface area contributed by atoms with E-state index in [4.69, 9.17) is 4.74 Å². The number of rotatable bonds is 5. The first-order valence-electron chi connectivity index (χ1n) is 7.36. The van der Waals surface area contributed by atoms with Crippen molar-refractivity contribution in [3.8, 4) is 5.75 Å². The van der Waals surface area contributed by atoms with Crippen LogP contribution in [0.3, 0.4) is 0 Å². The van der Waals surface area contributed by atoms with Gasteiger partial charge in [0.1, 0.15) is 11.6 Å². The molecule has 0 radical (unpaired) electrons. The number of benzene rings is 2. The van der Waals surface area contributed by atoms with Crippen molar-refractivity contribution in [1.82, 2.24) is 4.90 Å². The van der Waals surface area contributed by atoms with Gasteiger partial charge in [-0.05, 0) is 36.8 Å². The first kappa shape index (κ1) is 16.7. The second kappa shape index (κ2) is 7.58. The number of hydrogen-bond donors (Lipinski definition) is 0. The van der Waals surface area contributed by atoms with Crippen LogP contribution in [0.1, 0.15) is 24.1 Å². The summed E-state index contributed by atoms with van der Waals surface area (Å²) in [6, 6.07) is 13.5. The monoisotopic (exact) mass is 313 g/mol. The quantitative estimate of drug-likeness (QED) is 0.779. The number of likely N-dealkylation sites (N-methyl/N-ethyl adjacent to an activating group) is 1. The highest BCUT2D eigenvalue weighted by atomic mass is 19.1. The Morgan fingerprint density at radius 3 is 2.48 bits per heavy atom. The van der Waals surface area contributed by atoms with Crippen LogP contribution in [0.2, 0.25) is 0 Å². The van der Waals surface area contributed by atoms with Crippen LogP contribution in [0.5, 0.6) is 5.75 Å². The number of amides is 1. The minimum absolute atomic E-state index is 0.128. The Bertz CT molecular complexity index is 695. The summed E-state index contributed by atoms with van der Waals surface area (Å²) in [4.78, 5) is 14.0. The number of nitrogens with zero attached hydrogens (tertiary/aromatic N) is 1. The highest BCUT2D eigenvalue weighted by Gasteiger charge is 2.18. The molecule has 0 aromatic heterocycles. The topological polar surface area (TPSA) is 29.5 Å².